The lowest BCUT2D eigenvalue weighted by molar-refractivity contribution is -0.0540. The van der Waals surface area contributed by atoms with Gasteiger partial charge in [0.2, 0.25) is 0 Å². The molecule has 0 aliphatic carbocycles. The van der Waals surface area contributed by atoms with Gasteiger partial charge in [-0.25, -0.2) is 8.42 Å². The largest absolute Gasteiger partial charge is 0.505 e. The number of halogens is 5. The molecule has 2 N–H and O–H groups in total. The van der Waals surface area contributed by atoms with Crippen molar-refractivity contribution >= 4 is 29.7 Å². The Labute approximate surface area is 195 Å². The molecule has 200 valence electrons. The van der Waals surface area contributed by atoms with Crippen LogP contribution in [0.1, 0.15) is 76.0 Å². The van der Waals surface area contributed by atoms with Crippen LogP contribution in [0.4, 0.5) is 22.0 Å². The van der Waals surface area contributed by atoms with E-state index < -0.39 is 63.6 Å². The first-order chi connectivity index (χ1) is 14.8. The normalized spacial score (nSPS) is 15.6. The van der Waals surface area contributed by atoms with Crippen LogP contribution < -0.4 is 8.31 Å². The van der Waals surface area contributed by atoms with Crippen molar-refractivity contribution in [1.29, 1.82) is 0 Å². The van der Waals surface area contributed by atoms with Gasteiger partial charge in [0.15, 0.2) is 0 Å². The van der Waals surface area contributed by atoms with E-state index in [1.54, 1.807) is 27.7 Å². The molecule has 8 nitrogen and oxygen atoms in total. The molecule has 0 atom stereocenters. The van der Waals surface area contributed by atoms with Gasteiger partial charge in [0.05, 0.1) is 0 Å². The van der Waals surface area contributed by atoms with E-state index in [0.29, 0.717) is 5.56 Å². The lowest BCUT2D eigenvalue weighted by Gasteiger charge is -2.40. The highest BCUT2D eigenvalue weighted by molar-refractivity contribution is 8.22. The second kappa shape index (κ2) is 8.94. The molecule has 0 heterocycles. The Hall–Kier alpha value is -1.36. The number of nitrogens with one attached hydrogen (secondary N) is 1. The van der Waals surface area contributed by atoms with E-state index in [9.17, 15) is 47.5 Å². The molecule has 16 heteroatoms. The molecule has 0 aliphatic heterocycles. The van der Waals surface area contributed by atoms with Crippen molar-refractivity contribution in [3.63, 3.8) is 0 Å². The average molecular weight is 562 g/mol. The average Bonchev–Trinajstić information content (AvgIpc) is 2.57. The van der Waals surface area contributed by atoms with Crippen LogP contribution in [0, 0.1) is 0 Å². The lowest BCUT2D eigenvalue weighted by Crippen LogP contribution is -2.62. The van der Waals surface area contributed by atoms with Crippen molar-refractivity contribution in [3.05, 3.63) is 28.8 Å². The zero-order valence-corrected chi connectivity index (χ0v) is 21.8. The summed E-state index contributed by atoms with van der Waals surface area (Å²) in [6.07, 6.45) is -0.587. The van der Waals surface area contributed by atoms with Crippen LogP contribution in [-0.2, 0) is 29.7 Å². The predicted octanol–water partition coefficient (Wildman–Crippen LogP) is 4.59. The number of hydrogen-bond acceptors (Lipinski definition) is 6. The van der Waals surface area contributed by atoms with Crippen LogP contribution in [0.3, 0.4) is 0 Å². The number of hydrogen-bond donors (Lipinski definition) is 2. The van der Waals surface area contributed by atoms with Crippen LogP contribution >= 0.6 is 0 Å². The second-order valence-corrected chi connectivity index (χ2v) is 15.9. The van der Waals surface area contributed by atoms with E-state index in [-0.39, 0.29) is 21.2 Å². The van der Waals surface area contributed by atoms with Gasteiger partial charge < -0.3 is 4.18 Å². The van der Waals surface area contributed by atoms with Gasteiger partial charge in [0.25, 0.3) is 0 Å². The van der Waals surface area contributed by atoms with Crippen LogP contribution in [-0.4, -0.2) is 41.9 Å². The molecule has 1 aromatic carbocycles. The lowest BCUT2D eigenvalue weighted by atomic mass is 9.88. The number of sulfonamides is 1. The highest BCUT2D eigenvalue weighted by atomic mass is 32.3. The van der Waals surface area contributed by atoms with Crippen molar-refractivity contribution < 1.29 is 51.7 Å². The van der Waals surface area contributed by atoms with Crippen LogP contribution in [0.5, 0.6) is 5.75 Å². The minimum Gasteiger partial charge on any atom is -0.377 e. The molecule has 0 saturated carbocycles. The topological polar surface area (TPSA) is 127 Å². The fourth-order valence-electron chi connectivity index (χ4n) is 2.63. The van der Waals surface area contributed by atoms with Gasteiger partial charge in [-0.3, -0.25) is 4.55 Å². The SMILES string of the molecule is CC(C)c1cc(C(C)C)c(OS(=O)(=O)C(F)(F)S(=O)(=O)NS(C)(=O)(O)C(F)(F)F)c(C(C)C)c1. The van der Waals surface area contributed by atoms with Gasteiger partial charge in [0.1, 0.15) is 5.75 Å². The molecule has 0 fully saturated rings. The monoisotopic (exact) mass is 561 g/mol. The van der Waals surface area contributed by atoms with Crippen LogP contribution in [0.25, 0.3) is 0 Å². The molecule has 0 spiro atoms. The van der Waals surface area contributed by atoms with Gasteiger partial charge >= 0.3 is 30.2 Å². The highest BCUT2D eigenvalue weighted by Crippen LogP contribution is 2.43. The van der Waals surface area contributed by atoms with Gasteiger partial charge in [0, 0.05) is 6.26 Å². The summed E-state index contributed by atoms with van der Waals surface area (Å²) in [6.45, 7) is 10.00. The summed E-state index contributed by atoms with van der Waals surface area (Å²) in [7, 11) is -21.0. The Morgan fingerprint density at radius 3 is 1.56 bits per heavy atom. The van der Waals surface area contributed by atoms with Crippen LogP contribution in [0.15, 0.2) is 12.1 Å². The molecule has 0 unspecified atom stereocenters. The molecular weight excluding hydrogens is 533 g/mol. The van der Waals surface area contributed by atoms with Crippen molar-refractivity contribution in [2.45, 2.75) is 69.4 Å². The summed E-state index contributed by atoms with van der Waals surface area (Å²) in [6, 6.07) is 2.98. The van der Waals surface area contributed by atoms with Crippen molar-refractivity contribution in [3.8, 4) is 5.75 Å². The van der Waals surface area contributed by atoms with Gasteiger partial charge in [-0.15, -0.1) is 4.13 Å². The smallest absolute Gasteiger partial charge is 0.377 e. The standard InChI is InChI=1S/C18H28F5NO7S3/c1-10(2)13-8-14(11(3)4)16(15(9-13)12(5)6)31-33(27,28)18(22,23)32(25,26)24-34(7,29,30)17(19,20)21/h8-12H,1-7H3,(H2,24,29,30). The Morgan fingerprint density at radius 1 is 0.882 bits per heavy atom. The Bertz CT molecular complexity index is 1190. The second-order valence-electron chi connectivity index (χ2n) is 8.81. The first-order valence-electron chi connectivity index (χ1n) is 9.75. The fraction of sp³-hybridized carbons (Fsp3) is 0.667. The highest BCUT2D eigenvalue weighted by Gasteiger charge is 2.65. The summed E-state index contributed by atoms with van der Waals surface area (Å²) in [5.74, 6) is -1.65. The maximum atomic E-state index is 14.7. The van der Waals surface area contributed by atoms with Gasteiger partial charge in [-0.1, -0.05) is 53.7 Å². The Morgan fingerprint density at radius 2 is 1.26 bits per heavy atom. The van der Waals surface area contributed by atoms with E-state index in [1.165, 1.54) is 12.1 Å². The maximum absolute atomic E-state index is 14.7. The molecular formula is C18H28F5NO7S3. The van der Waals surface area contributed by atoms with Crippen molar-refractivity contribution in [1.82, 2.24) is 4.13 Å². The first kappa shape index (κ1) is 30.7. The molecule has 0 aliphatic rings. The van der Waals surface area contributed by atoms with E-state index in [4.69, 9.17) is 0 Å². The van der Waals surface area contributed by atoms with Gasteiger partial charge in [-0.2, -0.15) is 34.6 Å². The summed E-state index contributed by atoms with van der Waals surface area (Å²) in [5, 5.41) is 0. The molecule has 1 aromatic rings. The predicted molar refractivity (Wildman–Crippen MR) is 118 cm³/mol. The minimum atomic E-state index is -7.49. The van der Waals surface area contributed by atoms with E-state index in [0.717, 1.165) is 0 Å². The quantitative estimate of drug-likeness (QED) is 0.333. The molecule has 0 saturated heterocycles. The van der Waals surface area contributed by atoms with E-state index in [1.807, 2.05) is 13.8 Å². The molecule has 0 bridgehead atoms. The third-order valence-electron chi connectivity index (χ3n) is 4.73. The Kier molecular flexibility index (Phi) is 8.07. The molecule has 0 amide bonds. The number of rotatable bonds is 9. The van der Waals surface area contributed by atoms with Crippen molar-refractivity contribution in [2.75, 3.05) is 6.26 Å². The summed E-state index contributed by atoms with van der Waals surface area (Å²) < 4.78 is 136. The van der Waals surface area contributed by atoms with Crippen molar-refractivity contribution in [2.24, 2.45) is 0 Å². The minimum absolute atomic E-state index is 0.0617. The summed E-state index contributed by atoms with van der Waals surface area (Å²) in [4.78, 5) is 0. The molecule has 0 aromatic heterocycles. The number of alkyl halides is 5. The number of benzene rings is 1. The zero-order valence-electron chi connectivity index (χ0n) is 19.4. The summed E-state index contributed by atoms with van der Waals surface area (Å²) in [5.41, 5.74) is -5.26. The summed E-state index contributed by atoms with van der Waals surface area (Å²) >= 11 is 0. The van der Waals surface area contributed by atoms with E-state index >= 15 is 0 Å². The Balaban J connectivity index is 3.74. The fourth-order valence-corrected chi connectivity index (χ4v) is 7.46. The third kappa shape index (κ3) is 5.71. The molecule has 1 rings (SSSR count). The molecule has 34 heavy (non-hydrogen) atoms. The van der Waals surface area contributed by atoms with Gasteiger partial charge in [-0.05, 0) is 44.0 Å². The van der Waals surface area contributed by atoms with E-state index in [2.05, 4.69) is 4.18 Å². The molecule has 0 radical (unpaired) electrons. The van der Waals surface area contributed by atoms with Crippen LogP contribution in [0.2, 0.25) is 0 Å². The zero-order chi connectivity index (χ0) is 27.3. The maximum Gasteiger partial charge on any atom is 0.505 e. The third-order valence-corrected chi connectivity index (χ3v) is 11.1. The first-order valence-corrected chi connectivity index (χ1v) is 15.0.